The van der Waals surface area contributed by atoms with Gasteiger partial charge in [-0.05, 0) is 38.5 Å². The van der Waals surface area contributed by atoms with Crippen LogP contribution in [0.1, 0.15) is 26.3 Å². The highest BCUT2D eigenvalue weighted by atomic mass is 32.2. The molecule has 0 atom stereocenters. The van der Waals surface area contributed by atoms with Gasteiger partial charge in [0, 0.05) is 5.69 Å². The predicted molar refractivity (Wildman–Crippen MR) is 74.2 cm³/mol. The first-order valence-electron chi connectivity index (χ1n) is 5.81. The Morgan fingerprint density at radius 3 is 2.55 bits per heavy atom. The van der Waals surface area contributed by atoms with Gasteiger partial charge in [0.15, 0.2) is 0 Å². The molecule has 1 aromatic rings. The topological polar surface area (TPSA) is 108 Å². The van der Waals surface area contributed by atoms with E-state index >= 15 is 0 Å². The third-order valence-corrected chi connectivity index (χ3v) is 2.41. The van der Waals surface area contributed by atoms with E-state index in [1.54, 1.807) is 45.0 Å². The second-order valence-corrected chi connectivity index (χ2v) is 6.30. The zero-order valence-corrected chi connectivity index (χ0v) is 12.4. The summed E-state index contributed by atoms with van der Waals surface area (Å²) in [7, 11) is -3.99. The predicted octanol–water partition coefficient (Wildman–Crippen LogP) is 1.75. The van der Waals surface area contributed by atoms with Crippen LogP contribution in [0.25, 0.3) is 0 Å². The lowest BCUT2D eigenvalue weighted by Crippen LogP contribution is -2.27. The van der Waals surface area contributed by atoms with Gasteiger partial charge in [-0.15, -0.1) is 0 Å². The van der Waals surface area contributed by atoms with Crippen molar-refractivity contribution >= 4 is 22.1 Å². The second-order valence-electron chi connectivity index (χ2n) is 5.08. The molecule has 1 amide bonds. The summed E-state index contributed by atoms with van der Waals surface area (Å²) in [6.07, 6.45) is -0.595. The van der Waals surface area contributed by atoms with Gasteiger partial charge in [-0.3, -0.25) is 9.50 Å². The van der Waals surface area contributed by atoms with Crippen molar-refractivity contribution in [2.24, 2.45) is 5.14 Å². The van der Waals surface area contributed by atoms with Crippen molar-refractivity contribution in [3.05, 3.63) is 29.8 Å². The summed E-state index contributed by atoms with van der Waals surface area (Å²) in [6.45, 7) is 5.05. The van der Waals surface area contributed by atoms with Crippen LogP contribution >= 0.6 is 0 Å². The van der Waals surface area contributed by atoms with Crippen LogP contribution < -0.4 is 10.5 Å². The van der Waals surface area contributed by atoms with E-state index in [0.717, 1.165) is 0 Å². The van der Waals surface area contributed by atoms with E-state index in [2.05, 4.69) is 9.50 Å². The van der Waals surface area contributed by atoms with Crippen molar-refractivity contribution in [3.8, 4) is 0 Å². The van der Waals surface area contributed by atoms with Crippen LogP contribution in [0.2, 0.25) is 0 Å². The quantitative estimate of drug-likeness (QED) is 0.881. The molecule has 0 unspecified atom stereocenters. The Labute approximate surface area is 118 Å². The van der Waals surface area contributed by atoms with Crippen molar-refractivity contribution in [1.29, 1.82) is 0 Å². The zero-order chi connectivity index (χ0) is 15.4. The molecule has 1 aromatic carbocycles. The first-order valence-corrected chi connectivity index (χ1v) is 7.28. The fraction of sp³-hybridized carbons (Fsp3) is 0.417. The molecule has 0 bridgehead atoms. The fourth-order valence-corrected chi connectivity index (χ4v) is 1.61. The molecule has 0 aliphatic rings. The average Bonchev–Trinajstić information content (AvgIpc) is 2.23. The number of rotatable bonds is 4. The van der Waals surface area contributed by atoms with E-state index in [-0.39, 0.29) is 6.61 Å². The van der Waals surface area contributed by atoms with Gasteiger partial charge < -0.3 is 4.74 Å². The molecule has 7 nitrogen and oxygen atoms in total. The Hall–Kier alpha value is -1.64. The van der Waals surface area contributed by atoms with Gasteiger partial charge in [0.2, 0.25) is 0 Å². The van der Waals surface area contributed by atoms with Crippen molar-refractivity contribution in [3.63, 3.8) is 0 Å². The molecule has 0 aromatic heterocycles. The van der Waals surface area contributed by atoms with Crippen molar-refractivity contribution in [1.82, 2.24) is 0 Å². The Kier molecular flexibility index (Phi) is 5.09. The van der Waals surface area contributed by atoms with Crippen LogP contribution in [0.15, 0.2) is 24.3 Å². The molecule has 8 heteroatoms. The molecule has 0 saturated carbocycles. The number of nitrogens with one attached hydrogen (secondary N) is 1. The van der Waals surface area contributed by atoms with E-state index in [0.29, 0.717) is 11.3 Å². The fourth-order valence-electron chi connectivity index (χ4n) is 1.31. The lowest BCUT2D eigenvalue weighted by atomic mass is 10.2. The van der Waals surface area contributed by atoms with E-state index < -0.39 is 22.0 Å². The van der Waals surface area contributed by atoms with Crippen LogP contribution in [0.4, 0.5) is 10.5 Å². The number of benzene rings is 1. The number of carbonyl (C=O) groups is 1. The minimum atomic E-state index is -3.99. The summed E-state index contributed by atoms with van der Waals surface area (Å²) in [5.41, 5.74) is 0.417. The molecule has 0 aliphatic carbocycles. The molecule has 112 valence electrons. The van der Waals surface area contributed by atoms with E-state index in [4.69, 9.17) is 9.88 Å². The minimum absolute atomic E-state index is 0.206. The Bertz CT molecular complexity index is 578. The average molecular weight is 302 g/mol. The summed E-state index contributed by atoms with van der Waals surface area (Å²) >= 11 is 0. The Balaban J connectivity index is 2.66. The number of hydrogen-bond donors (Lipinski definition) is 2. The highest BCUT2D eigenvalue weighted by Gasteiger charge is 2.16. The molecule has 0 heterocycles. The molecule has 20 heavy (non-hydrogen) atoms. The highest BCUT2D eigenvalue weighted by molar-refractivity contribution is 7.84. The van der Waals surface area contributed by atoms with Gasteiger partial charge in [-0.1, -0.05) is 12.1 Å². The van der Waals surface area contributed by atoms with Crippen molar-refractivity contribution in [2.75, 3.05) is 5.32 Å². The molecule has 0 spiro atoms. The maximum Gasteiger partial charge on any atom is 0.412 e. The molecule has 0 saturated heterocycles. The zero-order valence-electron chi connectivity index (χ0n) is 11.5. The summed E-state index contributed by atoms with van der Waals surface area (Å²) in [6, 6.07) is 6.50. The van der Waals surface area contributed by atoms with Crippen LogP contribution in [0.3, 0.4) is 0 Å². The number of hydrogen-bond acceptors (Lipinski definition) is 5. The molecule has 3 N–H and O–H groups in total. The molecule has 0 radical (unpaired) electrons. The van der Waals surface area contributed by atoms with Crippen LogP contribution in [0, 0.1) is 0 Å². The number of amides is 1. The lowest BCUT2D eigenvalue weighted by molar-refractivity contribution is 0.0636. The monoisotopic (exact) mass is 302 g/mol. The maximum atomic E-state index is 11.6. The van der Waals surface area contributed by atoms with Gasteiger partial charge in [0.05, 0.1) is 6.61 Å². The number of ether oxygens (including phenoxy) is 1. The van der Waals surface area contributed by atoms with E-state index in [1.165, 1.54) is 0 Å². The summed E-state index contributed by atoms with van der Waals surface area (Å²) in [5.74, 6) is 0. The summed E-state index contributed by atoms with van der Waals surface area (Å²) in [4.78, 5) is 11.6. The summed E-state index contributed by atoms with van der Waals surface area (Å²) in [5, 5.41) is 7.27. The van der Waals surface area contributed by atoms with Crippen LogP contribution in [-0.4, -0.2) is 20.1 Å². The van der Waals surface area contributed by atoms with E-state index in [1.807, 2.05) is 0 Å². The van der Waals surface area contributed by atoms with Gasteiger partial charge >= 0.3 is 16.4 Å². The number of carbonyl (C=O) groups excluding carboxylic acids is 1. The standard InChI is InChI=1S/C12H18N2O5S/c1-12(2,3)19-11(15)14-10-6-4-5-9(7-10)8-18-20(13,16)17/h4-7H,8H2,1-3H3,(H,14,15)(H2,13,16,17). The van der Waals surface area contributed by atoms with Crippen LogP contribution in [-0.2, 0) is 25.8 Å². The molecule has 0 fully saturated rings. The Morgan fingerprint density at radius 2 is 2.00 bits per heavy atom. The minimum Gasteiger partial charge on any atom is -0.444 e. The molecular formula is C12H18N2O5S. The SMILES string of the molecule is CC(C)(C)OC(=O)Nc1cccc(COS(N)(=O)=O)c1. The van der Waals surface area contributed by atoms with Gasteiger partial charge in [0.1, 0.15) is 5.60 Å². The van der Waals surface area contributed by atoms with Crippen molar-refractivity contribution in [2.45, 2.75) is 33.0 Å². The first-order chi connectivity index (χ1) is 9.05. The van der Waals surface area contributed by atoms with Gasteiger partial charge in [-0.25, -0.2) is 9.93 Å². The third-order valence-electron chi connectivity index (χ3n) is 1.96. The lowest BCUT2D eigenvalue weighted by Gasteiger charge is -2.19. The molecule has 1 rings (SSSR count). The Morgan fingerprint density at radius 1 is 1.35 bits per heavy atom. The summed E-state index contributed by atoms with van der Waals surface area (Å²) < 4.78 is 30.9. The number of nitrogens with two attached hydrogens (primary N) is 1. The number of anilines is 1. The molecule has 0 aliphatic heterocycles. The normalized spacial score (nSPS) is 12.0. The van der Waals surface area contributed by atoms with Gasteiger partial charge in [-0.2, -0.15) is 8.42 Å². The van der Waals surface area contributed by atoms with Crippen molar-refractivity contribution < 1.29 is 22.1 Å². The van der Waals surface area contributed by atoms with E-state index in [9.17, 15) is 13.2 Å². The second kappa shape index (κ2) is 6.21. The third kappa shape index (κ3) is 7.07. The molecular weight excluding hydrogens is 284 g/mol. The smallest absolute Gasteiger partial charge is 0.412 e. The van der Waals surface area contributed by atoms with Crippen LogP contribution in [0.5, 0.6) is 0 Å². The largest absolute Gasteiger partial charge is 0.444 e. The maximum absolute atomic E-state index is 11.6. The van der Waals surface area contributed by atoms with Gasteiger partial charge in [0.25, 0.3) is 0 Å². The highest BCUT2D eigenvalue weighted by Crippen LogP contribution is 2.14. The first kappa shape index (κ1) is 16.4.